The van der Waals surface area contributed by atoms with Gasteiger partial charge in [-0.3, -0.25) is 4.99 Å². The average Bonchev–Trinajstić information content (AvgIpc) is 2.30. The molecule has 0 aliphatic heterocycles. The van der Waals surface area contributed by atoms with Gasteiger partial charge in [0.1, 0.15) is 0 Å². The molecule has 0 unspecified atom stereocenters. The van der Waals surface area contributed by atoms with Gasteiger partial charge in [-0.25, -0.2) is 0 Å². The molecule has 0 aliphatic rings. The minimum absolute atomic E-state index is 0.783. The molecule has 2 aromatic rings. The normalized spacial score (nSPS) is 11.2. The zero-order valence-electron chi connectivity index (χ0n) is 12.0. The van der Waals surface area contributed by atoms with Crippen molar-refractivity contribution in [1.29, 1.82) is 0 Å². The lowest BCUT2D eigenvalue weighted by atomic mass is 10.0. The second kappa shape index (κ2) is 5.27. The molecule has 98 valence electrons. The van der Waals surface area contributed by atoms with Gasteiger partial charge in [0.2, 0.25) is 0 Å². The summed E-state index contributed by atoms with van der Waals surface area (Å²) in [6, 6.07) is 10.4. The molecule has 2 nitrogen and oxygen atoms in total. The lowest BCUT2D eigenvalue weighted by Gasteiger charge is -2.07. The van der Waals surface area contributed by atoms with Crippen LogP contribution < -0.4 is 5.73 Å². The number of nitrogens with two attached hydrogens (primary N) is 1. The Morgan fingerprint density at radius 1 is 0.895 bits per heavy atom. The second-order valence-electron chi connectivity index (χ2n) is 5.13. The molecule has 2 N–H and O–H groups in total. The Balaban J connectivity index is 2.38. The molecule has 0 spiro atoms. The molecule has 0 fully saturated rings. The number of anilines is 1. The maximum absolute atomic E-state index is 6.06. The van der Waals surface area contributed by atoms with E-state index in [1.165, 1.54) is 16.7 Å². The first-order valence-electron chi connectivity index (χ1n) is 6.45. The SMILES string of the molecule is Cc1ccc(N=Cc2c(C)cc(C)cc2N)c(C)c1. The van der Waals surface area contributed by atoms with Crippen LogP contribution >= 0.6 is 0 Å². The van der Waals surface area contributed by atoms with Gasteiger partial charge in [-0.05, 0) is 56.5 Å². The smallest absolute Gasteiger partial charge is 0.0659 e. The van der Waals surface area contributed by atoms with Crippen LogP contribution in [0.1, 0.15) is 27.8 Å². The van der Waals surface area contributed by atoms with E-state index in [-0.39, 0.29) is 0 Å². The van der Waals surface area contributed by atoms with Crippen LogP contribution in [0.3, 0.4) is 0 Å². The molecule has 0 heterocycles. The molecule has 0 saturated heterocycles. The van der Waals surface area contributed by atoms with Crippen LogP contribution in [0.15, 0.2) is 35.3 Å². The van der Waals surface area contributed by atoms with E-state index in [9.17, 15) is 0 Å². The summed E-state index contributed by atoms with van der Waals surface area (Å²) in [5, 5.41) is 0. The van der Waals surface area contributed by atoms with Crippen molar-refractivity contribution in [3.8, 4) is 0 Å². The third kappa shape index (κ3) is 3.02. The monoisotopic (exact) mass is 252 g/mol. The standard InChI is InChI=1S/C17H20N2/c1-11-5-6-17(14(4)7-11)19-10-15-13(3)8-12(2)9-16(15)18/h5-10H,18H2,1-4H3. The van der Waals surface area contributed by atoms with E-state index >= 15 is 0 Å². The van der Waals surface area contributed by atoms with Gasteiger partial charge in [-0.1, -0.05) is 23.8 Å². The summed E-state index contributed by atoms with van der Waals surface area (Å²) in [7, 11) is 0. The van der Waals surface area contributed by atoms with E-state index in [4.69, 9.17) is 5.73 Å². The van der Waals surface area contributed by atoms with Crippen LogP contribution in [0.4, 0.5) is 11.4 Å². The van der Waals surface area contributed by atoms with Gasteiger partial charge >= 0.3 is 0 Å². The first-order chi connectivity index (χ1) is 8.97. The van der Waals surface area contributed by atoms with Gasteiger partial charge in [0.05, 0.1) is 5.69 Å². The molecule has 0 atom stereocenters. The van der Waals surface area contributed by atoms with Crippen LogP contribution in [0.25, 0.3) is 0 Å². The Hall–Kier alpha value is -2.09. The number of nitrogen functional groups attached to an aromatic ring is 1. The summed E-state index contributed by atoms with van der Waals surface area (Å²) < 4.78 is 0. The number of benzene rings is 2. The minimum Gasteiger partial charge on any atom is -0.398 e. The Morgan fingerprint density at radius 2 is 1.58 bits per heavy atom. The highest BCUT2D eigenvalue weighted by atomic mass is 14.7. The minimum atomic E-state index is 0.783. The zero-order valence-corrected chi connectivity index (χ0v) is 12.0. The van der Waals surface area contributed by atoms with Crippen LogP contribution in [-0.4, -0.2) is 6.21 Å². The topological polar surface area (TPSA) is 38.4 Å². The third-order valence-electron chi connectivity index (χ3n) is 3.25. The highest BCUT2D eigenvalue weighted by Crippen LogP contribution is 2.22. The van der Waals surface area contributed by atoms with Crippen molar-refractivity contribution in [2.24, 2.45) is 4.99 Å². The average molecular weight is 252 g/mol. The predicted molar refractivity (Wildman–Crippen MR) is 83.5 cm³/mol. The summed E-state index contributed by atoms with van der Waals surface area (Å²) in [5.41, 5.74) is 13.6. The van der Waals surface area contributed by atoms with E-state index in [1.54, 1.807) is 0 Å². The number of aliphatic imine (C=N–C) groups is 1. The fourth-order valence-electron chi connectivity index (χ4n) is 2.27. The molecule has 2 heteroatoms. The lowest BCUT2D eigenvalue weighted by Crippen LogP contribution is -1.97. The van der Waals surface area contributed by atoms with Gasteiger partial charge in [0, 0.05) is 17.5 Å². The molecule has 0 radical (unpaired) electrons. The van der Waals surface area contributed by atoms with Crippen LogP contribution in [0.5, 0.6) is 0 Å². The first kappa shape index (κ1) is 13.3. The van der Waals surface area contributed by atoms with Gasteiger partial charge in [-0.15, -0.1) is 0 Å². The van der Waals surface area contributed by atoms with Crippen molar-refractivity contribution in [2.75, 3.05) is 5.73 Å². The molecule has 19 heavy (non-hydrogen) atoms. The Bertz CT molecular complexity index is 617. The number of hydrogen-bond acceptors (Lipinski definition) is 2. The quantitative estimate of drug-likeness (QED) is 0.629. The van der Waals surface area contributed by atoms with E-state index in [0.29, 0.717) is 0 Å². The fraction of sp³-hybridized carbons (Fsp3) is 0.235. The fourth-order valence-corrected chi connectivity index (χ4v) is 2.27. The zero-order chi connectivity index (χ0) is 14.0. The van der Waals surface area contributed by atoms with Gasteiger partial charge in [0.25, 0.3) is 0 Å². The number of aryl methyl sites for hydroxylation is 4. The van der Waals surface area contributed by atoms with Crippen molar-refractivity contribution < 1.29 is 0 Å². The summed E-state index contributed by atoms with van der Waals surface area (Å²) >= 11 is 0. The summed E-state index contributed by atoms with van der Waals surface area (Å²) in [5.74, 6) is 0. The van der Waals surface area contributed by atoms with E-state index < -0.39 is 0 Å². The van der Waals surface area contributed by atoms with Crippen molar-refractivity contribution in [3.05, 3.63) is 58.1 Å². The summed E-state index contributed by atoms with van der Waals surface area (Å²) in [6.07, 6.45) is 1.86. The number of hydrogen-bond donors (Lipinski definition) is 1. The Morgan fingerprint density at radius 3 is 2.21 bits per heavy atom. The second-order valence-corrected chi connectivity index (χ2v) is 5.13. The van der Waals surface area contributed by atoms with Crippen LogP contribution in [0.2, 0.25) is 0 Å². The van der Waals surface area contributed by atoms with E-state index in [2.05, 4.69) is 50.9 Å². The molecule has 0 amide bonds. The molecule has 2 rings (SSSR count). The summed E-state index contributed by atoms with van der Waals surface area (Å²) in [6.45, 7) is 8.27. The van der Waals surface area contributed by atoms with Crippen molar-refractivity contribution in [2.45, 2.75) is 27.7 Å². The Kier molecular flexibility index (Phi) is 3.70. The van der Waals surface area contributed by atoms with E-state index in [0.717, 1.165) is 22.5 Å². The van der Waals surface area contributed by atoms with Crippen LogP contribution in [0, 0.1) is 27.7 Å². The molecule has 0 aromatic heterocycles. The van der Waals surface area contributed by atoms with Gasteiger partial charge < -0.3 is 5.73 Å². The maximum atomic E-state index is 6.06. The predicted octanol–water partition coefficient (Wildman–Crippen LogP) is 4.25. The molecular weight excluding hydrogens is 232 g/mol. The largest absolute Gasteiger partial charge is 0.398 e. The molecule has 0 saturated carbocycles. The van der Waals surface area contributed by atoms with Crippen molar-refractivity contribution in [1.82, 2.24) is 0 Å². The molecule has 0 aliphatic carbocycles. The lowest BCUT2D eigenvalue weighted by molar-refractivity contribution is 1.34. The maximum Gasteiger partial charge on any atom is 0.0659 e. The van der Waals surface area contributed by atoms with E-state index in [1.807, 2.05) is 18.3 Å². The first-order valence-corrected chi connectivity index (χ1v) is 6.45. The summed E-state index contributed by atoms with van der Waals surface area (Å²) in [4.78, 5) is 4.56. The van der Waals surface area contributed by atoms with Gasteiger partial charge in [0.15, 0.2) is 0 Å². The van der Waals surface area contributed by atoms with Crippen molar-refractivity contribution >= 4 is 17.6 Å². The Labute approximate surface area is 115 Å². The third-order valence-corrected chi connectivity index (χ3v) is 3.25. The highest BCUT2D eigenvalue weighted by Gasteiger charge is 2.02. The molecule has 2 aromatic carbocycles. The highest BCUT2D eigenvalue weighted by molar-refractivity contribution is 5.90. The molecule has 0 bridgehead atoms. The number of nitrogens with zero attached hydrogens (tertiary/aromatic N) is 1. The van der Waals surface area contributed by atoms with Crippen LogP contribution in [-0.2, 0) is 0 Å². The molecular formula is C17H20N2. The van der Waals surface area contributed by atoms with Gasteiger partial charge in [-0.2, -0.15) is 0 Å². The van der Waals surface area contributed by atoms with Crippen molar-refractivity contribution in [3.63, 3.8) is 0 Å². The number of rotatable bonds is 2.